The summed E-state index contributed by atoms with van der Waals surface area (Å²) in [5.74, 6) is -3.67. The van der Waals surface area contributed by atoms with Crippen LogP contribution in [0.2, 0.25) is 0 Å². The normalized spacial score (nSPS) is 23.3. The fourth-order valence-electron chi connectivity index (χ4n) is 9.96. The monoisotopic (exact) mass is 832 g/mol. The van der Waals surface area contributed by atoms with Gasteiger partial charge in [0.1, 0.15) is 11.9 Å². The number of halogens is 2. The lowest BCUT2D eigenvalue weighted by Gasteiger charge is -2.43. The number of nitrogens with zero attached hydrogens (tertiary/aromatic N) is 9. The second-order valence-electron chi connectivity index (χ2n) is 17.0. The second-order valence-corrected chi connectivity index (χ2v) is 17.0. The highest BCUT2D eigenvalue weighted by Crippen LogP contribution is 2.40. The van der Waals surface area contributed by atoms with Crippen molar-refractivity contribution in [3.05, 3.63) is 82.2 Å². The minimum Gasteiger partial charge on any atom is -0.512 e. The highest BCUT2D eigenvalue weighted by Gasteiger charge is 2.46. The number of rotatable bonds is 7. The van der Waals surface area contributed by atoms with Gasteiger partial charge in [-0.05, 0) is 69.4 Å². The van der Waals surface area contributed by atoms with Crippen LogP contribution in [0.5, 0.6) is 0 Å². The number of amides is 3. The molecule has 7 heterocycles. The Morgan fingerprint density at radius 2 is 1.67 bits per heavy atom. The first-order valence-corrected chi connectivity index (χ1v) is 21.2. The summed E-state index contributed by atoms with van der Waals surface area (Å²) >= 11 is 0. The number of imide groups is 1. The zero-order valence-electron chi connectivity index (χ0n) is 34.5. The predicted molar refractivity (Wildman–Crippen MR) is 227 cm³/mol. The highest BCUT2D eigenvalue weighted by molar-refractivity contribution is 6.13. The Bertz CT molecular complexity index is 2590. The van der Waals surface area contributed by atoms with E-state index in [2.05, 4.69) is 47.8 Å². The summed E-state index contributed by atoms with van der Waals surface area (Å²) in [5, 5.41) is 14.3. The minimum atomic E-state index is -2.95. The molecule has 1 aliphatic carbocycles. The molecular weight excluding hydrogens is 783 g/mol. The van der Waals surface area contributed by atoms with Crippen molar-refractivity contribution in [1.29, 1.82) is 0 Å². The van der Waals surface area contributed by atoms with Gasteiger partial charge in [0, 0.05) is 96.9 Å². The van der Waals surface area contributed by atoms with Gasteiger partial charge in [-0.2, -0.15) is 9.98 Å². The zero-order chi connectivity index (χ0) is 42.7. The molecule has 0 spiro atoms. The standard InChI is InChI=1S/C45H50F2N10O4/c1-26-36-23-49-44(52-41(36)56(31-7-5-6-8-31)28(3)40(26)29(4)58)50-38-13-10-33(22-48-38)54-19-17-53(18-20-54)24-30-15-16-55(25-45(30,46)47)32-9-11-34-27(2)57(43(61)35(34)21-32)37-12-14-39(59)51-42(37)60/h9-11,13,21-23,30-31,37,58H,2-3,5-8,12,14-20,24-25H2,1,4H3,(H,51,59,60)/b40-29+,50-44?. The van der Waals surface area contributed by atoms with Crippen LogP contribution in [0.4, 0.5) is 26.0 Å². The molecule has 9 rings (SSSR count). The van der Waals surface area contributed by atoms with E-state index in [-0.39, 0.29) is 37.1 Å². The van der Waals surface area contributed by atoms with Crippen molar-refractivity contribution in [2.75, 3.05) is 55.6 Å². The SMILES string of the molecule is C=C1c2ccc(N3CCC(CN4CCN(c5ccc(N=c6ncc7c(C)/c(=C(/C)O)c(=C)n(C8CCCC8)c-7n6)nc5)CC4)C(F)(F)C3)cc2C(=O)N1C1CCC(=O)NC1=O. The first-order valence-electron chi connectivity index (χ1n) is 21.2. The molecule has 2 N–H and O–H groups in total. The van der Waals surface area contributed by atoms with Crippen LogP contribution in [-0.4, -0.2) is 110 Å². The van der Waals surface area contributed by atoms with E-state index >= 15 is 8.78 Å². The fraction of sp³-hybridized carbons (Fsp3) is 0.444. The summed E-state index contributed by atoms with van der Waals surface area (Å²) < 4.78 is 33.9. The van der Waals surface area contributed by atoms with E-state index in [0.29, 0.717) is 73.1 Å². The van der Waals surface area contributed by atoms with Gasteiger partial charge in [-0.1, -0.05) is 32.1 Å². The minimum absolute atomic E-state index is 0.120. The van der Waals surface area contributed by atoms with Crippen LogP contribution < -0.4 is 31.3 Å². The molecule has 0 bridgehead atoms. The van der Waals surface area contributed by atoms with Crippen molar-refractivity contribution in [1.82, 2.24) is 34.6 Å². The van der Waals surface area contributed by atoms with E-state index in [9.17, 15) is 19.5 Å². The van der Waals surface area contributed by atoms with Crippen LogP contribution in [0.3, 0.4) is 0 Å². The van der Waals surface area contributed by atoms with Crippen molar-refractivity contribution >= 4 is 52.9 Å². The van der Waals surface area contributed by atoms with Crippen molar-refractivity contribution in [3.8, 4) is 11.4 Å². The Kier molecular flexibility index (Phi) is 10.4. The van der Waals surface area contributed by atoms with Crippen LogP contribution >= 0.6 is 0 Å². The first kappa shape index (κ1) is 40.4. The lowest BCUT2D eigenvalue weighted by atomic mass is 9.91. The molecule has 318 valence electrons. The van der Waals surface area contributed by atoms with Crippen LogP contribution in [0.1, 0.15) is 79.4 Å². The number of benzene rings is 1. The number of fused-ring (bicyclic) bond motifs is 2. The van der Waals surface area contributed by atoms with E-state index in [1.165, 1.54) is 4.90 Å². The third-order valence-corrected chi connectivity index (χ3v) is 13.2. The number of carbonyl (C=O) groups is 3. The van der Waals surface area contributed by atoms with Crippen molar-refractivity contribution in [2.24, 2.45) is 10.9 Å². The molecule has 1 saturated carbocycles. The summed E-state index contributed by atoms with van der Waals surface area (Å²) in [5.41, 5.74) is 4.70. The van der Waals surface area contributed by atoms with Crippen LogP contribution in [0, 0.1) is 12.8 Å². The third-order valence-electron chi connectivity index (χ3n) is 13.2. The van der Waals surface area contributed by atoms with Gasteiger partial charge in [0.15, 0.2) is 5.82 Å². The van der Waals surface area contributed by atoms with Crippen molar-refractivity contribution < 1.29 is 28.3 Å². The molecular formula is C45H50F2N10O4. The average molecular weight is 833 g/mol. The number of aliphatic hydroxyl groups is 1. The van der Waals surface area contributed by atoms with Gasteiger partial charge < -0.3 is 19.5 Å². The van der Waals surface area contributed by atoms with Gasteiger partial charge in [-0.25, -0.2) is 18.7 Å². The Morgan fingerprint density at radius 3 is 2.36 bits per heavy atom. The molecule has 2 aromatic rings. The molecule has 2 atom stereocenters. The third kappa shape index (κ3) is 7.44. The Balaban J connectivity index is 0.820. The number of alkyl halides is 2. The van der Waals surface area contributed by atoms with E-state index in [1.807, 2.05) is 19.1 Å². The van der Waals surface area contributed by atoms with Gasteiger partial charge in [0.05, 0.1) is 29.8 Å². The maximum atomic E-state index is 15.9. The molecule has 6 aliphatic heterocycles. The van der Waals surface area contributed by atoms with Gasteiger partial charge in [0.2, 0.25) is 11.8 Å². The number of pyridine rings is 2. The smallest absolute Gasteiger partial charge is 0.269 e. The molecule has 14 nitrogen and oxygen atoms in total. The van der Waals surface area contributed by atoms with E-state index < -0.39 is 36.2 Å². The first-order chi connectivity index (χ1) is 29.3. The van der Waals surface area contributed by atoms with Crippen molar-refractivity contribution in [3.63, 3.8) is 0 Å². The number of nitrogens with one attached hydrogen (secondary N) is 1. The number of carbonyl (C=O) groups excluding carboxylic acids is 3. The van der Waals surface area contributed by atoms with Crippen LogP contribution in [0.15, 0.2) is 54.3 Å². The lowest BCUT2D eigenvalue weighted by molar-refractivity contribution is -0.136. The predicted octanol–water partition coefficient (Wildman–Crippen LogP) is 4.05. The maximum absolute atomic E-state index is 15.9. The number of hydrogen-bond donors (Lipinski definition) is 2. The largest absolute Gasteiger partial charge is 0.512 e. The van der Waals surface area contributed by atoms with Crippen molar-refractivity contribution in [2.45, 2.75) is 76.8 Å². The van der Waals surface area contributed by atoms with E-state index in [4.69, 9.17) is 4.98 Å². The molecule has 2 unspecified atom stereocenters. The number of piperazine rings is 1. The topological polar surface area (TPSA) is 152 Å². The average Bonchev–Trinajstić information content (AvgIpc) is 3.85. The number of hydrogen-bond acceptors (Lipinski definition) is 11. The van der Waals surface area contributed by atoms with Crippen LogP contribution in [-0.2, 0) is 9.59 Å². The molecule has 3 saturated heterocycles. The maximum Gasteiger partial charge on any atom is 0.269 e. The molecule has 61 heavy (non-hydrogen) atoms. The molecule has 0 radical (unpaired) electrons. The second kappa shape index (κ2) is 15.8. The summed E-state index contributed by atoms with van der Waals surface area (Å²) in [4.78, 5) is 63.7. The fourth-order valence-corrected chi connectivity index (χ4v) is 9.96. The highest BCUT2D eigenvalue weighted by atomic mass is 19.3. The summed E-state index contributed by atoms with van der Waals surface area (Å²) in [6.45, 7) is 14.9. The molecule has 1 aromatic carbocycles. The van der Waals surface area contributed by atoms with E-state index in [0.717, 1.165) is 58.9 Å². The molecule has 16 heteroatoms. The van der Waals surface area contributed by atoms with Crippen LogP contribution in [0.25, 0.3) is 29.4 Å². The summed E-state index contributed by atoms with van der Waals surface area (Å²) in [7, 11) is 0. The molecule has 1 aromatic heterocycles. The number of aliphatic hydroxyl groups excluding tert-OH is 1. The number of anilines is 2. The van der Waals surface area contributed by atoms with Gasteiger partial charge in [-0.3, -0.25) is 29.5 Å². The number of piperidine rings is 2. The Hall–Kier alpha value is -6.03. The zero-order valence-corrected chi connectivity index (χ0v) is 34.5. The number of aromatic nitrogens is 4. The Labute approximate surface area is 352 Å². The molecule has 3 amide bonds. The summed E-state index contributed by atoms with van der Waals surface area (Å²) in [6, 6.07) is 8.24. The van der Waals surface area contributed by atoms with E-state index in [1.54, 1.807) is 42.4 Å². The molecule has 7 aliphatic rings. The van der Waals surface area contributed by atoms with Gasteiger partial charge in [0.25, 0.3) is 17.4 Å². The lowest BCUT2D eigenvalue weighted by Crippen LogP contribution is -2.54. The Morgan fingerprint density at radius 1 is 0.918 bits per heavy atom. The quantitative estimate of drug-likeness (QED) is 0.261. The summed E-state index contributed by atoms with van der Waals surface area (Å²) in [6.07, 6.45) is 8.45. The van der Waals surface area contributed by atoms with Gasteiger partial charge >= 0.3 is 0 Å². The molecule has 4 fully saturated rings. The van der Waals surface area contributed by atoms with Gasteiger partial charge in [-0.15, -0.1) is 0 Å².